The second kappa shape index (κ2) is 8.10. The first-order valence-corrected chi connectivity index (χ1v) is 7.93. The number of hydrogen-bond acceptors (Lipinski definition) is 5. The Morgan fingerprint density at radius 2 is 1.91 bits per heavy atom. The van der Waals surface area contributed by atoms with E-state index in [1.807, 2.05) is 6.07 Å². The third-order valence-electron chi connectivity index (χ3n) is 4.11. The third-order valence-corrected chi connectivity index (χ3v) is 4.11. The molecule has 6 heteroatoms. The Balaban J connectivity index is 1.77. The normalized spacial score (nSPS) is 16.2. The zero-order valence-electron chi connectivity index (χ0n) is 13.6. The minimum atomic E-state index is -0.329. The summed E-state index contributed by atoms with van der Waals surface area (Å²) in [5.41, 5.74) is 1.13. The van der Waals surface area contributed by atoms with Crippen LogP contribution in [0.25, 0.3) is 0 Å². The van der Waals surface area contributed by atoms with E-state index in [0.29, 0.717) is 0 Å². The van der Waals surface area contributed by atoms with Gasteiger partial charge in [-0.3, -0.25) is 15.0 Å². The van der Waals surface area contributed by atoms with Crippen molar-refractivity contribution in [1.82, 2.24) is 9.80 Å². The summed E-state index contributed by atoms with van der Waals surface area (Å²) in [6, 6.07) is 6.94. The smallest absolute Gasteiger partial charge is 0.271 e. The van der Waals surface area contributed by atoms with Crippen LogP contribution in [0.5, 0.6) is 0 Å². The number of rotatable bonds is 7. The lowest BCUT2D eigenvalue weighted by atomic mass is 10.2. The van der Waals surface area contributed by atoms with E-state index in [0.717, 1.165) is 45.0 Å². The molecule has 0 N–H and O–H groups in total. The van der Waals surface area contributed by atoms with Crippen LogP contribution in [-0.2, 0) is 0 Å². The maximum absolute atomic E-state index is 10.9. The van der Waals surface area contributed by atoms with E-state index in [4.69, 9.17) is 0 Å². The molecule has 0 aliphatic carbocycles. The van der Waals surface area contributed by atoms with Gasteiger partial charge < -0.3 is 9.80 Å². The highest BCUT2D eigenvalue weighted by Gasteiger charge is 2.18. The number of unbranched alkanes of at least 4 members (excludes halogenated alkanes) is 1. The molecule has 1 heterocycles. The van der Waals surface area contributed by atoms with Crippen molar-refractivity contribution in [2.75, 3.05) is 58.3 Å². The molecule has 1 aromatic rings. The summed E-state index contributed by atoms with van der Waals surface area (Å²) in [6.45, 7) is 6.24. The molecule has 1 fully saturated rings. The monoisotopic (exact) mass is 306 g/mol. The van der Waals surface area contributed by atoms with Gasteiger partial charge >= 0.3 is 0 Å². The van der Waals surface area contributed by atoms with Gasteiger partial charge in [-0.2, -0.15) is 0 Å². The first kappa shape index (κ1) is 16.7. The molecule has 0 radical (unpaired) electrons. The van der Waals surface area contributed by atoms with Crippen molar-refractivity contribution in [3.63, 3.8) is 0 Å². The molecular weight excluding hydrogens is 280 g/mol. The molecule has 0 unspecified atom stereocenters. The van der Waals surface area contributed by atoms with E-state index in [2.05, 4.69) is 28.8 Å². The highest BCUT2D eigenvalue weighted by molar-refractivity contribution is 5.53. The maximum atomic E-state index is 10.9. The van der Waals surface area contributed by atoms with Crippen LogP contribution in [0.1, 0.15) is 12.8 Å². The van der Waals surface area contributed by atoms with Crippen LogP contribution >= 0.6 is 0 Å². The standard InChI is InChI=1S/C16H26N4O2/c1-17(2)8-3-4-9-18-10-12-19(13-11-18)15-6-5-7-16(14-15)20(21)22/h5-7,14H,3-4,8-13H2,1-2H3. The quantitative estimate of drug-likeness (QED) is 0.438. The number of hydrogen-bond donors (Lipinski definition) is 0. The van der Waals surface area contributed by atoms with Gasteiger partial charge in [-0.05, 0) is 46.1 Å². The predicted octanol–water partition coefficient (Wildman–Crippen LogP) is 2.06. The third kappa shape index (κ3) is 4.96. The Morgan fingerprint density at radius 3 is 2.55 bits per heavy atom. The molecule has 2 rings (SSSR count). The second-order valence-electron chi connectivity index (χ2n) is 6.12. The summed E-state index contributed by atoms with van der Waals surface area (Å²) in [5, 5.41) is 10.9. The highest BCUT2D eigenvalue weighted by atomic mass is 16.6. The molecule has 0 amide bonds. The van der Waals surface area contributed by atoms with Gasteiger partial charge in [-0.1, -0.05) is 6.07 Å². The summed E-state index contributed by atoms with van der Waals surface area (Å²) in [4.78, 5) is 17.5. The molecular formula is C16H26N4O2. The van der Waals surface area contributed by atoms with Gasteiger partial charge in [0, 0.05) is 44.0 Å². The fraction of sp³-hybridized carbons (Fsp3) is 0.625. The van der Waals surface area contributed by atoms with Crippen LogP contribution in [0.3, 0.4) is 0 Å². The molecule has 122 valence electrons. The first-order valence-electron chi connectivity index (χ1n) is 7.93. The van der Waals surface area contributed by atoms with Crippen molar-refractivity contribution in [1.29, 1.82) is 0 Å². The van der Waals surface area contributed by atoms with E-state index in [1.54, 1.807) is 18.2 Å². The van der Waals surface area contributed by atoms with E-state index in [1.165, 1.54) is 12.8 Å². The number of nitro benzene ring substituents is 1. The largest absolute Gasteiger partial charge is 0.369 e. The molecule has 6 nitrogen and oxygen atoms in total. The van der Waals surface area contributed by atoms with Crippen molar-refractivity contribution >= 4 is 11.4 Å². The second-order valence-corrected chi connectivity index (χ2v) is 6.12. The molecule has 1 saturated heterocycles. The highest BCUT2D eigenvalue weighted by Crippen LogP contribution is 2.22. The zero-order chi connectivity index (χ0) is 15.9. The molecule has 1 aromatic carbocycles. The van der Waals surface area contributed by atoms with Gasteiger partial charge in [0.2, 0.25) is 0 Å². The number of anilines is 1. The molecule has 22 heavy (non-hydrogen) atoms. The van der Waals surface area contributed by atoms with Crippen molar-refractivity contribution in [2.24, 2.45) is 0 Å². The van der Waals surface area contributed by atoms with Crippen LogP contribution < -0.4 is 4.90 Å². The SMILES string of the molecule is CN(C)CCCCN1CCN(c2cccc([N+](=O)[O-])c2)CC1. The molecule has 0 atom stereocenters. The average Bonchev–Trinajstić information content (AvgIpc) is 2.52. The predicted molar refractivity (Wildman–Crippen MR) is 89.5 cm³/mol. The van der Waals surface area contributed by atoms with E-state index in [9.17, 15) is 10.1 Å². The van der Waals surface area contributed by atoms with Crippen molar-refractivity contribution in [3.05, 3.63) is 34.4 Å². The Morgan fingerprint density at radius 1 is 1.18 bits per heavy atom. The van der Waals surface area contributed by atoms with Gasteiger partial charge in [0.05, 0.1) is 4.92 Å². The number of nitrogens with zero attached hydrogens (tertiary/aromatic N) is 4. The molecule has 0 spiro atoms. The fourth-order valence-corrected chi connectivity index (χ4v) is 2.80. The van der Waals surface area contributed by atoms with Crippen LogP contribution in [0.4, 0.5) is 11.4 Å². The van der Waals surface area contributed by atoms with Gasteiger partial charge in [0.25, 0.3) is 5.69 Å². The number of nitro groups is 1. The number of piperazine rings is 1. The van der Waals surface area contributed by atoms with Crippen LogP contribution in [0, 0.1) is 10.1 Å². The van der Waals surface area contributed by atoms with Crippen molar-refractivity contribution in [2.45, 2.75) is 12.8 Å². The van der Waals surface area contributed by atoms with E-state index >= 15 is 0 Å². The summed E-state index contributed by atoms with van der Waals surface area (Å²) in [7, 11) is 4.22. The molecule has 0 bridgehead atoms. The number of non-ortho nitro benzene ring substituents is 1. The van der Waals surface area contributed by atoms with Gasteiger partial charge in [0.15, 0.2) is 0 Å². The molecule has 0 saturated carbocycles. The zero-order valence-corrected chi connectivity index (χ0v) is 13.6. The Kier molecular flexibility index (Phi) is 6.15. The summed E-state index contributed by atoms with van der Waals surface area (Å²) >= 11 is 0. The summed E-state index contributed by atoms with van der Waals surface area (Å²) < 4.78 is 0. The number of benzene rings is 1. The summed E-state index contributed by atoms with van der Waals surface area (Å²) in [5.74, 6) is 0. The van der Waals surface area contributed by atoms with Gasteiger partial charge in [-0.25, -0.2) is 0 Å². The average molecular weight is 306 g/mol. The Bertz CT molecular complexity index is 485. The van der Waals surface area contributed by atoms with Crippen molar-refractivity contribution in [3.8, 4) is 0 Å². The van der Waals surface area contributed by atoms with Crippen molar-refractivity contribution < 1.29 is 4.92 Å². The van der Waals surface area contributed by atoms with Crippen LogP contribution in [0.2, 0.25) is 0 Å². The topological polar surface area (TPSA) is 52.9 Å². The van der Waals surface area contributed by atoms with Crippen LogP contribution in [0.15, 0.2) is 24.3 Å². The lowest BCUT2D eigenvalue weighted by Gasteiger charge is -2.36. The Hall–Kier alpha value is -1.66. The minimum absolute atomic E-state index is 0.170. The van der Waals surface area contributed by atoms with Crippen LogP contribution in [-0.4, -0.2) is 68.1 Å². The lowest BCUT2D eigenvalue weighted by molar-refractivity contribution is -0.384. The minimum Gasteiger partial charge on any atom is -0.369 e. The fourth-order valence-electron chi connectivity index (χ4n) is 2.80. The maximum Gasteiger partial charge on any atom is 0.271 e. The van der Waals surface area contributed by atoms with E-state index in [-0.39, 0.29) is 10.6 Å². The molecule has 0 aromatic heterocycles. The summed E-state index contributed by atoms with van der Waals surface area (Å²) in [6.07, 6.45) is 2.47. The van der Waals surface area contributed by atoms with Gasteiger partial charge in [-0.15, -0.1) is 0 Å². The first-order chi connectivity index (χ1) is 10.6. The van der Waals surface area contributed by atoms with E-state index < -0.39 is 0 Å². The van der Waals surface area contributed by atoms with Gasteiger partial charge in [0.1, 0.15) is 0 Å². The lowest BCUT2D eigenvalue weighted by Crippen LogP contribution is -2.46. The molecule has 1 aliphatic rings. The Labute approximate surface area is 132 Å². The molecule has 1 aliphatic heterocycles.